The molecule has 4 aromatic carbocycles. The van der Waals surface area contributed by atoms with E-state index in [9.17, 15) is 39.6 Å². The number of halogens is 2. The predicted octanol–water partition coefficient (Wildman–Crippen LogP) is 7.66. The highest BCUT2D eigenvalue weighted by Gasteiger charge is 2.40. The minimum atomic E-state index is -0.856. The third-order valence-corrected chi connectivity index (χ3v) is 7.81. The lowest BCUT2D eigenvalue weighted by Crippen LogP contribution is -2.07. The first-order valence-electron chi connectivity index (χ1n) is 15.7. The third kappa shape index (κ3) is 9.78. The zero-order valence-corrected chi connectivity index (χ0v) is 30.2. The van der Waals surface area contributed by atoms with Crippen LogP contribution in [-0.2, 0) is 42.9 Å². The van der Waals surface area contributed by atoms with Crippen LogP contribution in [0.1, 0.15) is 66.4 Å². The van der Waals surface area contributed by atoms with Gasteiger partial charge in [0, 0.05) is 53.1 Å². The largest absolute Gasteiger partial charge is 0.507 e. The van der Waals surface area contributed by atoms with Crippen LogP contribution in [0.2, 0.25) is 10.0 Å². The van der Waals surface area contributed by atoms with E-state index in [4.69, 9.17) is 37.4 Å². The molecule has 0 fully saturated rings. The maximum atomic E-state index is 12.5. The smallest absolute Gasteiger partial charge is 0.343 e. The number of aliphatic hydroxyl groups is 1. The molecule has 2 heterocycles. The Kier molecular flexibility index (Phi) is 13.5. The van der Waals surface area contributed by atoms with Gasteiger partial charge in [-0.05, 0) is 24.3 Å². The van der Waals surface area contributed by atoms with Crippen molar-refractivity contribution >= 4 is 64.2 Å². The summed E-state index contributed by atoms with van der Waals surface area (Å²) < 4.78 is 19.9. The highest BCUT2D eigenvalue weighted by atomic mass is 35.5. The van der Waals surface area contributed by atoms with Crippen LogP contribution in [0.5, 0.6) is 0 Å². The number of rotatable bonds is 5. The number of carbonyl (C=O) groups is 5. The first-order valence-corrected chi connectivity index (χ1v) is 16.5. The van der Waals surface area contributed by atoms with Crippen LogP contribution in [0.3, 0.4) is 0 Å². The number of esters is 5. The molecule has 0 saturated carbocycles. The molecule has 14 heteroatoms. The van der Waals surface area contributed by atoms with Gasteiger partial charge < -0.3 is 24.1 Å². The highest BCUT2D eigenvalue weighted by molar-refractivity contribution is 6.31. The molecule has 0 saturated heterocycles. The number of benzene rings is 4. The monoisotopic (exact) mass is 766 g/mol. The van der Waals surface area contributed by atoms with E-state index in [1.165, 1.54) is 45.0 Å². The standard InChI is InChI=1S/C19H12ClNO4.C17H10ClNO3.C4H6O3/c1-11(22)24-18-16(15-8-7-14(20)9-13(15)10-21)19(23)25-17(18)12-5-3-2-4-6-12;18-12-6-7-13(11(8-12)9-19)14-15(20)16(22-17(14)21)10-4-2-1-3-5-10;1-3(5)7-4(2)6/h2-9,17H,1H3;1-8,16,20H;1-2H3. The molecule has 54 heavy (non-hydrogen) atoms. The summed E-state index contributed by atoms with van der Waals surface area (Å²) in [5.74, 6) is -3.16. The lowest BCUT2D eigenvalue weighted by molar-refractivity contribution is -0.156. The van der Waals surface area contributed by atoms with Crippen LogP contribution in [0, 0.1) is 22.7 Å². The Morgan fingerprint density at radius 1 is 0.648 bits per heavy atom. The summed E-state index contributed by atoms with van der Waals surface area (Å²) >= 11 is 11.8. The van der Waals surface area contributed by atoms with E-state index in [1.54, 1.807) is 60.7 Å². The molecule has 0 radical (unpaired) electrons. The number of ether oxygens (including phenoxy) is 4. The fourth-order valence-electron chi connectivity index (χ4n) is 5.22. The second-order valence-electron chi connectivity index (χ2n) is 11.2. The summed E-state index contributed by atoms with van der Waals surface area (Å²) in [6.45, 7) is 3.60. The van der Waals surface area contributed by atoms with E-state index >= 15 is 0 Å². The zero-order chi connectivity index (χ0) is 39.5. The quantitative estimate of drug-likeness (QED) is 0.119. The maximum Gasteiger partial charge on any atom is 0.343 e. The molecule has 272 valence electrons. The van der Waals surface area contributed by atoms with Crippen molar-refractivity contribution < 1.29 is 48.0 Å². The number of aliphatic hydroxyl groups excluding tert-OH is 1. The van der Waals surface area contributed by atoms with Gasteiger partial charge in [0.15, 0.2) is 23.7 Å². The summed E-state index contributed by atoms with van der Waals surface area (Å²) in [6.07, 6.45) is -1.71. The van der Waals surface area contributed by atoms with E-state index in [2.05, 4.69) is 4.74 Å². The average molecular weight is 768 g/mol. The van der Waals surface area contributed by atoms with Gasteiger partial charge in [-0.3, -0.25) is 14.4 Å². The molecule has 6 rings (SSSR count). The van der Waals surface area contributed by atoms with Crippen molar-refractivity contribution in [3.8, 4) is 12.1 Å². The number of nitrogens with zero attached hydrogens (tertiary/aromatic N) is 2. The van der Waals surface area contributed by atoms with Gasteiger partial charge in [-0.15, -0.1) is 0 Å². The number of cyclic esters (lactones) is 2. The van der Waals surface area contributed by atoms with Gasteiger partial charge in [0.05, 0.1) is 23.3 Å². The molecule has 2 unspecified atom stereocenters. The van der Waals surface area contributed by atoms with Crippen molar-refractivity contribution in [2.75, 3.05) is 0 Å². The molecule has 0 spiro atoms. The zero-order valence-electron chi connectivity index (χ0n) is 28.7. The van der Waals surface area contributed by atoms with Crippen molar-refractivity contribution in [3.05, 3.63) is 152 Å². The van der Waals surface area contributed by atoms with E-state index in [0.29, 0.717) is 32.3 Å². The molecule has 1 N–H and O–H groups in total. The molecular weight excluding hydrogens is 739 g/mol. The Morgan fingerprint density at radius 2 is 1.07 bits per heavy atom. The fraction of sp³-hybridized carbons (Fsp3) is 0.125. The van der Waals surface area contributed by atoms with Crippen molar-refractivity contribution in [1.29, 1.82) is 10.5 Å². The minimum Gasteiger partial charge on any atom is -0.507 e. The van der Waals surface area contributed by atoms with E-state index < -0.39 is 42.1 Å². The summed E-state index contributed by atoms with van der Waals surface area (Å²) in [5, 5.41) is 29.7. The topological polar surface area (TPSA) is 190 Å². The Bertz CT molecular complexity index is 2260. The Labute approximate surface area is 319 Å². The van der Waals surface area contributed by atoms with Crippen molar-refractivity contribution in [2.45, 2.75) is 33.0 Å². The molecule has 0 aliphatic carbocycles. The normalized spacial score (nSPS) is 15.6. The Morgan fingerprint density at radius 3 is 1.50 bits per heavy atom. The van der Waals surface area contributed by atoms with E-state index in [0.717, 1.165) is 0 Å². The van der Waals surface area contributed by atoms with Crippen LogP contribution in [-0.4, -0.2) is 35.0 Å². The second-order valence-corrected chi connectivity index (χ2v) is 12.0. The molecule has 2 atom stereocenters. The molecule has 0 bridgehead atoms. The summed E-state index contributed by atoms with van der Waals surface area (Å²) in [4.78, 5) is 55.8. The highest BCUT2D eigenvalue weighted by Crippen LogP contribution is 2.42. The number of carbonyl (C=O) groups excluding carboxylic acids is 5. The molecule has 4 aromatic rings. The van der Waals surface area contributed by atoms with Gasteiger partial charge in [0.1, 0.15) is 11.1 Å². The lowest BCUT2D eigenvalue weighted by Gasteiger charge is -2.13. The minimum absolute atomic E-state index is 0.00192. The molecule has 0 amide bonds. The van der Waals surface area contributed by atoms with Crippen molar-refractivity contribution in [1.82, 2.24) is 0 Å². The first kappa shape index (κ1) is 40.0. The molecule has 0 aromatic heterocycles. The molecular formula is C40H28Cl2N2O10. The van der Waals surface area contributed by atoms with E-state index in [1.807, 2.05) is 24.3 Å². The van der Waals surface area contributed by atoms with Crippen molar-refractivity contribution in [2.24, 2.45) is 0 Å². The summed E-state index contributed by atoms with van der Waals surface area (Å²) in [5.41, 5.74) is 2.40. The summed E-state index contributed by atoms with van der Waals surface area (Å²) in [6, 6.07) is 30.9. The van der Waals surface area contributed by atoms with Gasteiger partial charge in [0.25, 0.3) is 0 Å². The van der Waals surface area contributed by atoms with Gasteiger partial charge in [-0.2, -0.15) is 10.5 Å². The molecule has 2 aliphatic rings. The predicted molar refractivity (Wildman–Crippen MR) is 194 cm³/mol. The first-order chi connectivity index (χ1) is 25.7. The van der Waals surface area contributed by atoms with Gasteiger partial charge >= 0.3 is 29.8 Å². The average Bonchev–Trinajstić information content (AvgIpc) is 3.62. The Hall–Kier alpha value is -6.73. The van der Waals surface area contributed by atoms with Crippen LogP contribution in [0.25, 0.3) is 11.1 Å². The van der Waals surface area contributed by atoms with Crippen LogP contribution in [0.15, 0.2) is 109 Å². The molecule has 2 aliphatic heterocycles. The van der Waals surface area contributed by atoms with Crippen LogP contribution in [0.4, 0.5) is 0 Å². The van der Waals surface area contributed by atoms with Gasteiger partial charge in [-0.1, -0.05) is 96.0 Å². The van der Waals surface area contributed by atoms with Gasteiger partial charge in [0.2, 0.25) is 0 Å². The maximum absolute atomic E-state index is 12.5. The second kappa shape index (κ2) is 18.2. The van der Waals surface area contributed by atoms with Crippen molar-refractivity contribution in [3.63, 3.8) is 0 Å². The van der Waals surface area contributed by atoms with Crippen LogP contribution >= 0.6 is 23.2 Å². The number of hydrogen-bond donors (Lipinski definition) is 1. The van der Waals surface area contributed by atoms with Gasteiger partial charge in [-0.25, -0.2) is 9.59 Å². The SMILES string of the molecule is CC(=O)OC(C)=O.CC(=O)OC1=C(c2ccc(Cl)cc2C#N)C(=O)OC1c1ccccc1.N#Cc1cc(Cl)ccc1C1=C(O)C(c2ccccc2)OC1=O. The number of hydrogen-bond acceptors (Lipinski definition) is 12. The lowest BCUT2D eigenvalue weighted by atomic mass is 9.97. The molecule has 12 nitrogen and oxygen atoms in total. The number of nitriles is 2. The van der Waals surface area contributed by atoms with E-state index in [-0.39, 0.29) is 33.8 Å². The van der Waals surface area contributed by atoms with Crippen LogP contribution < -0.4 is 0 Å². The fourth-order valence-corrected chi connectivity index (χ4v) is 5.56. The Balaban J connectivity index is 0.000000206. The third-order valence-electron chi connectivity index (χ3n) is 7.34. The summed E-state index contributed by atoms with van der Waals surface area (Å²) in [7, 11) is 0.